The zero-order chi connectivity index (χ0) is 18.7. The molecule has 1 aromatic rings. The van der Waals surface area contributed by atoms with Crippen molar-refractivity contribution in [2.24, 2.45) is 0 Å². The summed E-state index contributed by atoms with van der Waals surface area (Å²) in [4.78, 5) is 38.8. The summed E-state index contributed by atoms with van der Waals surface area (Å²) in [6.07, 6.45) is 6.51. The van der Waals surface area contributed by atoms with Gasteiger partial charge in [0.2, 0.25) is 5.91 Å². The number of hydrogen-bond donors (Lipinski definition) is 2. The molecule has 26 heavy (non-hydrogen) atoms. The average Bonchev–Trinajstić information content (AvgIpc) is 2.79. The van der Waals surface area contributed by atoms with Crippen LogP contribution in [0.1, 0.15) is 50.5 Å². The van der Waals surface area contributed by atoms with Crippen LogP contribution in [0.25, 0.3) is 0 Å². The molecule has 1 heterocycles. The van der Waals surface area contributed by atoms with E-state index in [1.165, 1.54) is 6.42 Å². The van der Waals surface area contributed by atoms with Crippen LogP contribution in [-0.4, -0.2) is 34.8 Å². The minimum absolute atomic E-state index is 0.251. The number of aryl methyl sites for hydroxylation is 1. The van der Waals surface area contributed by atoms with Crippen LogP contribution in [0.5, 0.6) is 0 Å². The van der Waals surface area contributed by atoms with Gasteiger partial charge in [-0.25, -0.2) is 4.79 Å². The van der Waals surface area contributed by atoms with Gasteiger partial charge in [-0.2, -0.15) is 0 Å². The van der Waals surface area contributed by atoms with Crippen molar-refractivity contribution < 1.29 is 14.4 Å². The van der Waals surface area contributed by atoms with Crippen molar-refractivity contribution in [1.82, 2.24) is 10.2 Å². The number of nitrogens with one attached hydrogen (secondary N) is 2. The Labute approximate surface area is 167 Å². The van der Waals surface area contributed by atoms with Gasteiger partial charge in [0.05, 0.1) is 0 Å². The maximum absolute atomic E-state index is 12.9. The minimum atomic E-state index is -0.809. The Kier molecular flexibility index (Phi) is 5.84. The lowest BCUT2D eigenvalue weighted by atomic mass is 9.84. The number of nitrogens with zero attached hydrogens (tertiary/aromatic N) is 1. The zero-order valence-corrected chi connectivity index (χ0v) is 17.1. The molecule has 1 saturated carbocycles. The summed E-state index contributed by atoms with van der Waals surface area (Å²) in [6, 6.07) is 5.25. The Bertz CT molecular complexity index is 727. The molecule has 1 aromatic carbocycles. The van der Waals surface area contributed by atoms with Gasteiger partial charge >= 0.3 is 6.03 Å². The van der Waals surface area contributed by atoms with Crippen LogP contribution in [0.4, 0.5) is 10.5 Å². The zero-order valence-electron chi connectivity index (χ0n) is 14.9. The van der Waals surface area contributed by atoms with Gasteiger partial charge < -0.3 is 10.6 Å². The third kappa shape index (κ3) is 4.02. The first-order chi connectivity index (χ1) is 12.4. The molecule has 1 spiro atoms. The van der Waals surface area contributed by atoms with E-state index in [1.807, 2.05) is 25.1 Å². The van der Waals surface area contributed by atoms with E-state index in [4.69, 9.17) is 0 Å². The number of amides is 4. The summed E-state index contributed by atoms with van der Waals surface area (Å²) in [5.74, 6) is -0.611. The standard InChI is InChI=1S/C19H24IN3O3/c1-13-11-14(20)7-8-15(13)21-16(24)12-23-17(25)19(22-18(23)26)9-5-3-2-4-6-10-19/h7-8,11H,2-6,9-10,12H2,1H3,(H,21,24)(H,22,26). The molecule has 0 radical (unpaired) electrons. The second kappa shape index (κ2) is 7.94. The van der Waals surface area contributed by atoms with E-state index < -0.39 is 11.6 Å². The van der Waals surface area contributed by atoms with Gasteiger partial charge in [-0.15, -0.1) is 0 Å². The Balaban J connectivity index is 1.68. The maximum Gasteiger partial charge on any atom is 0.325 e. The molecule has 0 atom stereocenters. The van der Waals surface area contributed by atoms with Crippen molar-refractivity contribution in [3.8, 4) is 0 Å². The number of urea groups is 1. The van der Waals surface area contributed by atoms with Crippen molar-refractivity contribution in [2.45, 2.75) is 57.4 Å². The van der Waals surface area contributed by atoms with Gasteiger partial charge in [-0.3, -0.25) is 14.5 Å². The van der Waals surface area contributed by atoms with E-state index in [9.17, 15) is 14.4 Å². The molecule has 6 nitrogen and oxygen atoms in total. The first-order valence-corrected chi connectivity index (χ1v) is 10.2. The predicted octanol–water partition coefficient (Wildman–Crippen LogP) is 3.57. The second-order valence-corrected chi connectivity index (χ2v) is 8.42. The Morgan fingerprint density at radius 1 is 1.19 bits per heavy atom. The van der Waals surface area contributed by atoms with Crippen LogP contribution in [0.3, 0.4) is 0 Å². The Morgan fingerprint density at radius 2 is 1.85 bits per heavy atom. The Morgan fingerprint density at radius 3 is 2.50 bits per heavy atom. The summed E-state index contributed by atoms with van der Waals surface area (Å²) in [7, 11) is 0. The minimum Gasteiger partial charge on any atom is -0.324 e. The quantitative estimate of drug-likeness (QED) is 0.525. The van der Waals surface area contributed by atoms with Crippen LogP contribution >= 0.6 is 22.6 Å². The molecule has 2 fully saturated rings. The molecule has 140 valence electrons. The highest BCUT2D eigenvalue weighted by atomic mass is 127. The van der Waals surface area contributed by atoms with Crippen molar-refractivity contribution in [1.29, 1.82) is 0 Å². The van der Waals surface area contributed by atoms with E-state index in [1.54, 1.807) is 0 Å². The lowest BCUT2D eigenvalue weighted by Crippen LogP contribution is -2.47. The molecule has 0 aromatic heterocycles. The molecule has 1 aliphatic heterocycles. The normalized spacial score (nSPS) is 19.8. The number of benzene rings is 1. The molecule has 3 rings (SSSR count). The highest BCUT2D eigenvalue weighted by Gasteiger charge is 2.50. The van der Waals surface area contributed by atoms with E-state index in [2.05, 4.69) is 33.2 Å². The molecule has 4 amide bonds. The van der Waals surface area contributed by atoms with Crippen LogP contribution in [0.2, 0.25) is 0 Å². The van der Waals surface area contributed by atoms with Crippen LogP contribution in [0.15, 0.2) is 18.2 Å². The number of rotatable bonds is 3. The van der Waals surface area contributed by atoms with Crippen molar-refractivity contribution in [2.75, 3.05) is 11.9 Å². The third-order valence-electron chi connectivity index (χ3n) is 5.22. The maximum atomic E-state index is 12.9. The molecule has 0 bridgehead atoms. The molecule has 1 saturated heterocycles. The summed E-state index contributed by atoms with van der Waals surface area (Å²) in [5.41, 5.74) is 0.832. The fraction of sp³-hybridized carbons (Fsp3) is 0.526. The van der Waals surface area contributed by atoms with E-state index in [0.29, 0.717) is 18.5 Å². The lowest BCUT2D eigenvalue weighted by Gasteiger charge is -2.28. The van der Waals surface area contributed by atoms with Crippen LogP contribution in [-0.2, 0) is 9.59 Å². The predicted molar refractivity (Wildman–Crippen MR) is 108 cm³/mol. The van der Waals surface area contributed by atoms with Gasteiger partial charge in [0.15, 0.2) is 0 Å². The third-order valence-corrected chi connectivity index (χ3v) is 5.89. The van der Waals surface area contributed by atoms with Crippen molar-refractivity contribution in [3.05, 3.63) is 27.3 Å². The molecular formula is C19H24IN3O3. The molecule has 2 N–H and O–H groups in total. The average molecular weight is 469 g/mol. The summed E-state index contributed by atoms with van der Waals surface area (Å²) in [6.45, 7) is 1.66. The number of halogens is 1. The van der Waals surface area contributed by atoms with Gasteiger partial charge in [-0.1, -0.05) is 32.1 Å². The largest absolute Gasteiger partial charge is 0.325 e. The van der Waals surface area contributed by atoms with E-state index >= 15 is 0 Å². The van der Waals surface area contributed by atoms with Gasteiger partial charge in [0.25, 0.3) is 5.91 Å². The van der Waals surface area contributed by atoms with Crippen molar-refractivity contribution in [3.63, 3.8) is 0 Å². The number of anilines is 1. The van der Waals surface area contributed by atoms with Gasteiger partial charge in [0.1, 0.15) is 12.1 Å². The highest BCUT2D eigenvalue weighted by molar-refractivity contribution is 14.1. The van der Waals surface area contributed by atoms with Gasteiger partial charge in [-0.05, 0) is 66.1 Å². The summed E-state index contributed by atoms with van der Waals surface area (Å²) >= 11 is 2.21. The summed E-state index contributed by atoms with van der Waals surface area (Å²) in [5, 5.41) is 5.68. The SMILES string of the molecule is Cc1cc(I)ccc1NC(=O)CN1C(=O)NC2(CCCCCCC2)C1=O. The second-order valence-electron chi connectivity index (χ2n) is 7.18. The highest BCUT2D eigenvalue weighted by Crippen LogP contribution is 2.32. The van der Waals surface area contributed by atoms with Crippen molar-refractivity contribution >= 4 is 46.1 Å². The number of imide groups is 1. The number of carbonyl (C=O) groups is 3. The van der Waals surface area contributed by atoms with Crippen LogP contribution in [0, 0.1) is 10.5 Å². The van der Waals surface area contributed by atoms with Crippen LogP contribution < -0.4 is 10.6 Å². The van der Waals surface area contributed by atoms with E-state index in [-0.39, 0.29) is 18.4 Å². The Hall–Kier alpha value is -1.64. The fourth-order valence-electron chi connectivity index (χ4n) is 3.77. The first kappa shape index (κ1) is 19.1. The first-order valence-electron chi connectivity index (χ1n) is 9.11. The topological polar surface area (TPSA) is 78.5 Å². The molecule has 1 aliphatic carbocycles. The number of hydrogen-bond acceptors (Lipinski definition) is 3. The molecular weight excluding hydrogens is 445 g/mol. The fourth-order valence-corrected chi connectivity index (χ4v) is 4.42. The molecule has 0 unspecified atom stereocenters. The smallest absolute Gasteiger partial charge is 0.324 e. The van der Waals surface area contributed by atoms with E-state index in [0.717, 1.165) is 39.7 Å². The summed E-state index contributed by atoms with van der Waals surface area (Å²) < 4.78 is 1.08. The molecule has 2 aliphatic rings. The monoisotopic (exact) mass is 469 g/mol. The van der Waals surface area contributed by atoms with Gasteiger partial charge in [0, 0.05) is 9.26 Å². The lowest BCUT2D eigenvalue weighted by molar-refractivity contribution is -0.134. The molecule has 7 heteroatoms. The number of carbonyl (C=O) groups excluding carboxylic acids is 3.